The number of carbonyl (C=O) groups is 1. The second-order valence-corrected chi connectivity index (χ2v) is 18.4. The summed E-state index contributed by atoms with van der Waals surface area (Å²) >= 11 is 0. The fourth-order valence-corrected chi connectivity index (χ4v) is 11.3. The van der Waals surface area contributed by atoms with E-state index in [0.717, 1.165) is 51.4 Å². The molecule has 6 aliphatic heterocycles. The summed E-state index contributed by atoms with van der Waals surface area (Å²) < 4.78 is 46.9. The first-order chi connectivity index (χ1) is 23.9. The third kappa shape index (κ3) is 7.85. The number of aliphatic carboxylic acids is 1. The zero-order chi connectivity index (χ0) is 37.3. The van der Waals surface area contributed by atoms with Gasteiger partial charge in [-0.1, -0.05) is 48.5 Å². The van der Waals surface area contributed by atoms with Crippen LogP contribution >= 0.6 is 0 Å². The van der Waals surface area contributed by atoms with Crippen molar-refractivity contribution >= 4 is 5.97 Å². The SMILES string of the molecule is CO[C@@H]1C[C@@H](C[C@@H]2CC[C@H](C)[C@H]([C@@H](C)C(=O)[O-])O2)O[C@]2(O[C@](C)([C@H]3CC[C@@](C)([C@@H]4O[C@@H]([C@H]5O[C@@](O)(CO)[C@H](C)C[C@@H]5C)C[C@@H]4C)O3)C[C@H]2C)[C@@H]1C.[Na+]. The summed E-state index contributed by atoms with van der Waals surface area (Å²) in [5.41, 5.74) is -1.11. The van der Waals surface area contributed by atoms with Crippen LogP contribution in [0.5, 0.6) is 0 Å². The molecule has 0 radical (unpaired) electrons. The molecule has 6 fully saturated rings. The van der Waals surface area contributed by atoms with Crippen LogP contribution < -0.4 is 34.7 Å². The molecule has 0 aromatic carbocycles. The molecule has 0 saturated carbocycles. The molecule has 0 bridgehead atoms. The monoisotopic (exact) mass is 746 g/mol. The van der Waals surface area contributed by atoms with Gasteiger partial charge in [0.1, 0.15) is 0 Å². The van der Waals surface area contributed by atoms with Crippen molar-refractivity contribution in [2.75, 3.05) is 13.7 Å². The molecule has 12 heteroatoms. The number of aliphatic hydroxyl groups excluding tert-OH is 1. The maximum Gasteiger partial charge on any atom is 1.00 e. The fraction of sp³-hybridized carbons (Fsp3) is 0.975. The van der Waals surface area contributed by atoms with Gasteiger partial charge in [-0.3, -0.25) is 0 Å². The molecule has 11 nitrogen and oxygen atoms in total. The predicted molar refractivity (Wildman–Crippen MR) is 186 cm³/mol. The van der Waals surface area contributed by atoms with Gasteiger partial charge < -0.3 is 53.3 Å². The van der Waals surface area contributed by atoms with E-state index < -0.39 is 41.3 Å². The van der Waals surface area contributed by atoms with E-state index in [2.05, 4.69) is 48.5 Å². The van der Waals surface area contributed by atoms with Crippen LogP contribution in [0.25, 0.3) is 0 Å². The first-order valence-corrected chi connectivity index (χ1v) is 20.0. The zero-order valence-corrected chi connectivity index (χ0v) is 35.8. The Labute approximate surface area is 334 Å². The molecule has 0 aliphatic carbocycles. The standard InChI is InChI=1S/C40H68O11.Na/c1-21-11-12-28(46-33(21)26(6)36(42)43)17-29-18-30(45-10)27(7)40(48-29)25(5)19-38(9,51-40)32-13-14-37(8,49-32)35-23(3)16-31(47-35)34-22(2)15-24(4)39(44,20-41)50-34;/h21-35,41,44H,11-20H2,1-10H3,(H,42,43);/q;+1/p-1/t21-,22-,23-,24+,25+,26+,27+,28-,29+,30+,31+,32+,33+,34-,35+,37-,38-,39-,40+;/m0./s1. The Morgan fingerprint density at radius 1 is 0.885 bits per heavy atom. The van der Waals surface area contributed by atoms with Crippen LogP contribution in [0.2, 0.25) is 0 Å². The van der Waals surface area contributed by atoms with E-state index in [0.29, 0.717) is 6.42 Å². The van der Waals surface area contributed by atoms with E-state index >= 15 is 0 Å². The van der Waals surface area contributed by atoms with E-state index in [1.54, 1.807) is 14.0 Å². The average Bonchev–Trinajstić information content (AvgIpc) is 3.75. The van der Waals surface area contributed by atoms with Crippen molar-refractivity contribution < 1.29 is 82.8 Å². The number of aliphatic hydroxyl groups is 2. The Kier molecular flexibility index (Phi) is 13.4. The molecule has 6 saturated heterocycles. The summed E-state index contributed by atoms with van der Waals surface area (Å²) in [5, 5.41) is 32.7. The number of ether oxygens (including phenoxy) is 7. The van der Waals surface area contributed by atoms with Crippen molar-refractivity contribution in [1.82, 2.24) is 0 Å². The molecule has 1 spiro atoms. The zero-order valence-electron chi connectivity index (χ0n) is 33.8. The van der Waals surface area contributed by atoms with E-state index in [1.807, 2.05) is 6.92 Å². The van der Waals surface area contributed by atoms with Gasteiger partial charge in [0.05, 0.1) is 66.6 Å². The van der Waals surface area contributed by atoms with Crippen LogP contribution in [0.3, 0.4) is 0 Å². The molecule has 0 unspecified atom stereocenters. The molecule has 6 rings (SSSR count). The van der Waals surface area contributed by atoms with Gasteiger partial charge in [-0.15, -0.1) is 0 Å². The number of rotatable bonds is 9. The second-order valence-electron chi connectivity index (χ2n) is 18.4. The van der Waals surface area contributed by atoms with Gasteiger partial charge in [0.25, 0.3) is 0 Å². The Balaban J connectivity index is 0.00000523. The maximum atomic E-state index is 11.7. The first-order valence-electron chi connectivity index (χ1n) is 20.0. The van der Waals surface area contributed by atoms with Gasteiger partial charge in [-0.2, -0.15) is 0 Å². The summed E-state index contributed by atoms with van der Waals surface area (Å²) in [5.74, 6) is -3.70. The summed E-state index contributed by atoms with van der Waals surface area (Å²) in [6.07, 6.45) is 5.62. The maximum absolute atomic E-state index is 11.7. The molecule has 294 valence electrons. The van der Waals surface area contributed by atoms with Crippen LogP contribution in [0, 0.1) is 41.4 Å². The van der Waals surface area contributed by atoms with Gasteiger partial charge in [0.2, 0.25) is 0 Å². The number of hydrogen-bond donors (Lipinski definition) is 2. The normalized spacial score (nSPS) is 53.2. The minimum absolute atomic E-state index is 0. The predicted octanol–water partition coefficient (Wildman–Crippen LogP) is 1.37. The minimum Gasteiger partial charge on any atom is -0.550 e. The van der Waals surface area contributed by atoms with E-state index in [4.69, 9.17) is 33.2 Å². The van der Waals surface area contributed by atoms with Gasteiger partial charge in [0, 0.05) is 49.6 Å². The molecule has 0 aromatic rings. The summed E-state index contributed by atoms with van der Waals surface area (Å²) in [6.45, 7) is 18.3. The molecular formula is C40H67NaO11. The van der Waals surface area contributed by atoms with Gasteiger partial charge in [0.15, 0.2) is 11.6 Å². The van der Waals surface area contributed by atoms with Gasteiger partial charge in [-0.05, 0) is 76.5 Å². The van der Waals surface area contributed by atoms with Crippen LogP contribution in [0.15, 0.2) is 0 Å². The van der Waals surface area contributed by atoms with Crippen molar-refractivity contribution in [3.63, 3.8) is 0 Å². The molecule has 6 heterocycles. The van der Waals surface area contributed by atoms with Crippen molar-refractivity contribution in [3.8, 4) is 0 Å². The second kappa shape index (κ2) is 16.2. The topological polar surface area (TPSA) is 145 Å². The van der Waals surface area contributed by atoms with Crippen molar-refractivity contribution in [3.05, 3.63) is 0 Å². The molecule has 52 heavy (non-hydrogen) atoms. The van der Waals surface area contributed by atoms with Crippen LogP contribution in [-0.4, -0.2) is 102 Å². The molecule has 19 atom stereocenters. The third-order valence-electron chi connectivity index (χ3n) is 14.4. The van der Waals surface area contributed by atoms with Crippen LogP contribution in [0.1, 0.15) is 120 Å². The van der Waals surface area contributed by atoms with Gasteiger partial charge in [-0.25, -0.2) is 0 Å². The Bertz CT molecular complexity index is 1240. The molecule has 2 N–H and O–H groups in total. The molecular weight excluding hydrogens is 679 g/mol. The van der Waals surface area contributed by atoms with Gasteiger partial charge >= 0.3 is 29.6 Å². The number of carboxylic acids is 1. The van der Waals surface area contributed by atoms with Crippen molar-refractivity contribution in [1.29, 1.82) is 0 Å². The first kappa shape index (κ1) is 43.2. The Morgan fingerprint density at radius 2 is 1.60 bits per heavy atom. The molecule has 0 amide bonds. The molecule has 6 aliphatic rings. The smallest absolute Gasteiger partial charge is 0.550 e. The summed E-state index contributed by atoms with van der Waals surface area (Å²) in [4.78, 5) is 11.7. The van der Waals surface area contributed by atoms with E-state index in [1.165, 1.54) is 0 Å². The summed E-state index contributed by atoms with van der Waals surface area (Å²) in [7, 11) is 1.76. The Morgan fingerprint density at radius 3 is 2.25 bits per heavy atom. The average molecular weight is 747 g/mol. The number of carboxylic acid groups (broad SMARTS) is 1. The van der Waals surface area contributed by atoms with Crippen LogP contribution in [-0.2, 0) is 38.0 Å². The third-order valence-corrected chi connectivity index (χ3v) is 14.4. The molecule has 0 aromatic heterocycles. The minimum atomic E-state index is -1.55. The fourth-order valence-electron chi connectivity index (χ4n) is 11.3. The van der Waals surface area contributed by atoms with E-state index in [-0.39, 0.29) is 114 Å². The van der Waals surface area contributed by atoms with Crippen molar-refractivity contribution in [2.24, 2.45) is 41.4 Å². The number of carbonyl (C=O) groups excluding carboxylic acids is 1. The Hall–Kier alpha value is 0.110. The summed E-state index contributed by atoms with van der Waals surface area (Å²) in [6, 6.07) is 0. The number of methoxy groups -OCH3 is 1. The van der Waals surface area contributed by atoms with Crippen LogP contribution in [0.4, 0.5) is 0 Å². The largest absolute Gasteiger partial charge is 1.00 e. The van der Waals surface area contributed by atoms with E-state index in [9.17, 15) is 20.1 Å². The number of hydrogen-bond acceptors (Lipinski definition) is 11. The van der Waals surface area contributed by atoms with Crippen molar-refractivity contribution in [2.45, 2.75) is 192 Å². The quantitative estimate of drug-likeness (QED) is 0.331.